The average Bonchev–Trinajstić information content (AvgIpc) is 2.47. The Hall–Kier alpha value is -0.750. The molecule has 1 heterocycles. The predicted octanol–water partition coefficient (Wildman–Crippen LogP) is 2.02. The van der Waals surface area contributed by atoms with E-state index in [2.05, 4.69) is 21.2 Å². The molecular formula is C11H15BrN2O2S. The topological polar surface area (TPSA) is 72.2 Å². The maximum Gasteiger partial charge on any atom is 0.152 e. The van der Waals surface area contributed by atoms with Crippen molar-refractivity contribution < 1.29 is 8.42 Å². The molecule has 6 heteroatoms. The van der Waals surface area contributed by atoms with Gasteiger partial charge in [0.15, 0.2) is 9.84 Å². The summed E-state index contributed by atoms with van der Waals surface area (Å²) in [6.07, 6.45) is 0.612. The molecule has 1 aliphatic rings. The molecule has 0 radical (unpaired) electrons. The Morgan fingerprint density at radius 2 is 2.18 bits per heavy atom. The minimum atomic E-state index is -2.91. The van der Waals surface area contributed by atoms with E-state index in [0.717, 1.165) is 10.2 Å². The SMILES string of the molecule is CC1(Nc2cc(Br)ccc2N)CCS(=O)(=O)C1. The molecule has 0 aromatic heterocycles. The molecule has 3 N–H and O–H groups in total. The zero-order valence-electron chi connectivity index (χ0n) is 9.53. The molecule has 17 heavy (non-hydrogen) atoms. The Bertz CT molecular complexity index is 544. The second-order valence-electron chi connectivity index (χ2n) is 4.76. The van der Waals surface area contributed by atoms with Crippen molar-refractivity contribution in [3.05, 3.63) is 22.7 Å². The second kappa shape index (κ2) is 4.17. The first-order valence-electron chi connectivity index (χ1n) is 5.33. The lowest BCUT2D eigenvalue weighted by Crippen LogP contribution is -2.36. The van der Waals surface area contributed by atoms with Crippen molar-refractivity contribution in [3.8, 4) is 0 Å². The van der Waals surface area contributed by atoms with Crippen LogP contribution in [-0.2, 0) is 9.84 Å². The van der Waals surface area contributed by atoms with Crippen LogP contribution in [0.2, 0.25) is 0 Å². The Morgan fingerprint density at radius 3 is 2.76 bits per heavy atom. The summed E-state index contributed by atoms with van der Waals surface area (Å²) < 4.78 is 23.9. The van der Waals surface area contributed by atoms with Crippen molar-refractivity contribution in [1.82, 2.24) is 0 Å². The zero-order chi connectivity index (χ0) is 12.7. The number of sulfone groups is 1. The van der Waals surface area contributed by atoms with Gasteiger partial charge in [-0.2, -0.15) is 0 Å². The highest BCUT2D eigenvalue weighted by molar-refractivity contribution is 9.10. The van der Waals surface area contributed by atoms with Crippen molar-refractivity contribution in [2.45, 2.75) is 18.9 Å². The lowest BCUT2D eigenvalue weighted by molar-refractivity contribution is 0.574. The third-order valence-corrected chi connectivity index (χ3v) is 5.35. The number of hydrogen-bond acceptors (Lipinski definition) is 4. The van der Waals surface area contributed by atoms with E-state index in [0.29, 0.717) is 12.1 Å². The van der Waals surface area contributed by atoms with Crippen LogP contribution in [0.25, 0.3) is 0 Å². The van der Waals surface area contributed by atoms with E-state index in [1.165, 1.54) is 0 Å². The van der Waals surface area contributed by atoms with Crippen LogP contribution in [0, 0.1) is 0 Å². The first-order valence-corrected chi connectivity index (χ1v) is 7.95. The fraction of sp³-hybridized carbons (Fsp3) is 0.455. The lowest BCUT2D eigenvalue weighted by atomic mass is 10.0. The van der Waals surface area contributed by atoms with Gasteiger partial charge in [0.1, 0.15) is 0 Å². The predicted molar refractivity (Wildman–Crippen MR) is 73.9 cm³/mol. The van der Waals surface area contributed by atoms with E-state index in [-0.39, 0.29) is 11.5 Å². The van der Waals surface area contributed by atoms with Crippen LogP contribution in [0.3, 0.4) is 0 Å². The molecule has 0 bridgehead atoms. The highest BCUT2D eigenvalue weighted by Gasteiger charge is 2.38. The smallest absolute Gasteiger partial charge is 0.152 e. The molecule has 0 aliphatic carbocycles. The summed E-state index contributed by atoms with van der Waals surface area (Å²) >= 11 is 3.37. The Morgan fingerprint density at radius 1 is 1.47 bits per heavy atom. The van der Waals surface area contributed by atoms with Crippen LogP contribution in [0.5, 0.6) is 0 Å². The van der Waals surface area contributed by atoms with Crippen LogP contribution in [0.15, 0.2) is 22.7 Å². The molecule has 1 aliphatic heterocycles. The van der Waals surface area contributed by atoms with Gasteiger partial charge in [-0.15, -0.1) is 0 Å². The van der Waals surface area contributed by atoms with Gasteiger partial charge in [0.2, 0.25) is 0 Å². The van der Waals surface area contributed by atoms with E-state index in [1.54, 1.807) is 6.07 Å². The van der Waals surface area contributed by atoms with Gasteiger partial charge in [0, 0.05) is 10.0 Å². The van der Waals surface area contributed by atoms with Gasteiger partial charge in [-0.3, -0.25) is 0 Å². The van der Waals surface area contributed by atoms with Crippen molar-refractivity contribution in [2.75, 3.05) is 22.6 Å². The monoisotopic (exact) mass is 318 g/mol. The molecule has 1 saturated heterocycles. The molecule has 2 rings (SSSR count). The number of nitrogen functional groups attached to an aromatic ring is 1. The Balaban J connectivity index is 2.24. The summed E-state index contributed by atoms with van der Waals surface area (Å²) in [6.45, 7) is 1.91. The summed E-state index contributed by atoms with van der Waals surface area (Å²) in [5.41, 5.74) is 6.84. The number of rotatable bonds is 2. The van der Waals surface area contributed by atoms with E-state index < -0.39 is 15.4 Å². The molecule has 0 amide bonds. The van der Waals surface area contributed by atoms with E-state index >= 15 is 0 Å². The summed E-state index contributed by atoms with van der Waals surface area (Å²) in [5.74, 6) is 0.399. The zero-order valence-corrected chi connectivity index (χ0v) is 11.9. The Labute approximate surface area is 110 Å². The highest BCUT2D eigenvalue weighted by atomic mass is 79.9. The van der Waals surface area contributed by atoms with Crippen LogP contribution in [-0.4, -0.2) is 25.5 Å². The fourth-order valence-electron chi connectivity index (χ4n) is 2.07. The van der Waals surface area contributed by atoms with Gasteiger partial charge in [-0.05, 0) is 31.5 Å². The highest BCUT2D eigenvalue weighted by Crippen LogP contribution is 2.31. The number of hydrogen-bond donors (Lipinski definition) is 2. The molecule has 1 aromatic rings. The minimum Gasteiger partial charge on any atom is -0.397 e. The number of halogens is 1. The summed E-state index contributed by atoms with van der Waals surface area (Å²) in [6, 6.07) is 5.51. The lowest BCUT2D eigenvalue weighted by Gasteiger charge is -2.26. The molecule has 4 nitrogen and oxygen atoms in total. The first kappa shape index (κ1) is 12.7. The quantitative estimate of drug-likeness (QED) is 0.818. The second-order valence-corrected chi connectivity index (χ2v) is 7.86. The summed E-state index contributed by atoms with van der Waals surface area (Å²) in [7, 11) is -2.91. The minimum absolute atomic E-state index is 0.159. The Kier molecular flexibility index (Phi) is 3.12. The number of anilines is 2. The van der Waals surface area contributed by atoms with Gasteiger partial charge in [-0.25, -0.2) is 8.42 Å². The molecule has 1 unspecified atom stereocenters. The molecule has 1 atom stereocenters. The largest absolute Gasteiger partial charge is 0.397 e. The molecular weight excluding hydrogens is 304 g/mol. The first-order chi connectivity index (χ1) is 7.80. The van der Waals surface area contributed by atoms with Crippen molar-refractivity contribution >= 4 is 37.1 Å². The van der Waals surface area contributed by atoms with Gasteiger partial charge in [0.25, 0.3) is 0 Å². The average molecular weight is 319 g/mol. The number of nitrogens with one attached hydrogen (secondary N) is 1. The van der Waals surface area contributed by atoms with Gasteiger partial charge in [0.05, 0.1) is 22.9 Å². The van der Waals surface area contributed by atoms with Gasteiger partial charge < -0.3 is 11.1 Å². The molecule has 1 aromatic carbocycles. The third-order valence-electron chi connectivity index (χ3n) is 2.96. The van der Waals surface area contributed by atoms with Crippen molar-refractivity contribution in [3.63, 3.8) is 0 Å². The third kappa shape index (κ3) is 2.93. The standard InChI is InChI=1S/C11H15BrN2O2S/c1-11(4-5-17(15,16)7-11)14-10-6-8(12)2-3-9(10)13/h2-3,6,14H,4-5,7,13H2,1H3. The van der Waals surface area contributed by atoms with E-state index in [9.17, 15) is 8.42 Å². The van der Waals surface area contributed by atoms with Crippen molar-refractivity contribution in [1.29, 1.82) is 0 Å². The number of nitrogens with two attached hydrogens (primary N) is 1. The maximum absolute atomic E-state index is 11.5. The summed E-state index contributed by atoms with van der Waals surface area (Å²) in [4.78, 5) is 0. The fourth-order valence-corrected chi connectivity index (χ4v) is 4.53. The molecule has 1 fully saturated rings. The molecule has 94 valence electrons. The normalized spacial score (nSPS) is 26.9. The van der Waals surface area contributed by atoms with E-state index in [4.69, 9.17) is 5.73 Å². The molecule has 0 saturated carbocycles. The van der Waals surface area contributed by atoms with Crippen LogP contribution >= 0.6 is 15.9 Å². The summed E-state index contributed by atoms with van der Waals surface area (Å²) in [5, 5.41) is 3.25. The van der Waals surface area contributed by atoms with Gasteiger partial charge in [-0.1, -0.05) is 15.9 Å². The van der Waals surface area contributed by atoms with E-state index in [1.807, 2.05) is 19.1 Å². The molecule has 0 spiro atoms. The number of benzene rings is 1. The van der Waals surface area contributed by atoms with Crippen LogP contribution in [0.4, 0.5) is 11.4 Å². The maximum atomic E-state index is 11.5. The van der Waals surface area contributed by atoms with Crippen molar-refractivity contribution in [2.24, 2.45) is 0 Å². The van der Waals surface area contributed by atoms with Crippen LogP contribution < -0.4 is 11.1 Å². The van der Waals surface area contributed by atoms with Crippen LogP contribution in [0.1, 0.15) is 13.3 Å². The van der Waals surface area contributed by atoms with Gasteiger partial charge >= 0.3 is 0 Å².